The molecule has 20 heavy (non-hydrogen) atoms. The molecule has 0 saturated carbocycles. The molecule has 0 radical (unpaired) electrons. The van der Waals surface area contributed by atoms with Gasteiger partial charge in [-0.25, -0.2) is 14.4 Å². The first-order chi connectivity index (χ1) is 9.63. The minimum atomic E-state index is -0.422. The third kappa shape index (κ3) is 2.49. The van der Waals surface area contributed by atoms with Crippen LogP contribution in [0.25, 0.3) is 0 Å². The zero-order valence-electron chi connectivity index (χ0n) is 11.2. The summed E-state index contributed by atoms with van der Waals surface area (Å²) in [5.74, 6) is 0.349. The van der Waals surface area contributed by atoms with E-state index in [0.29, 0.717) is 18.9 Å². The second kappa shape index (κ2) is 5.17. The molecule has 3 rings (SSSR count). The van der Waals surface area contributed by atoms with Gasteiger partial charge in [-0.15, -0.1) is 0 Å². The summed E-state index contributed by atoms with van der Waals surface area (Å²) in [6, 6.07) is 8.20. The van der Waals surface area contributed by atoms with E-state index in [1.807, 2.05) is 17.9 Å². The number of aliphatic hydroxyl groups excluding tert-OH is 1. The normalized spacial score (nSPS) is 22.2. The van der Waals surface area contributed by atoms with Crippen LogP contribution in [0.3, 0.4) is 0 Å². The lowest BCUT2D eigenvalue weighted by molar-refractivity contribution is 0.194. The maximum atomic E-state index is 13.0. The van der Waals surface area contributed by atoms with E-state index in [9.17, 15) is 9.50 Å². The quantitative estimate of drug-likeness (QED) is 0.911. The van der Waals surface area contributed by atoms with Crippen molar-refractivity contribution in [2.24, 2.45) is 0 Å². The summed E-state index contributed by atoms with van der Waals surface area (Å²) in [6.45, 7) is 2.40. The van der Waals surface area contributed by atoms with Crippen LogP contribution in [0.15, 0.2) is 36.5 Å². The van der Waals surface area contributed by atoms with Crippen molar-refractivity contribution in [2.45, 2.75) is 25.5 Å². The minimum absolute atomic E-state index is 0.0209. The number of hydrogen-bond donors (Lipinski definition) is 1. The summed E-state index contributed by atoms with van der Waals surface area (Å²) in [5, 5.41) is 9.95. The lowest BCUT2D eigenvalue weighted by Crippen LogP contribution is -2.26. The number of aryl methyl sites for hydroxylation is 1. The zero-order chi connectivity index (χ0) is 14.1. The van der Waals surface area contributed by atoms with E-state index in [1.165, 1.54) is 12.1 Å². The van der Waals surface area contributed by atoms with Crippen LogP contribution in [-0.4, -0.2) is 27.7 Å². The van der Waals surface area contributed by atoms with Crippen molar-refractivity contribution in [3.63, 3.8) is 0 Å². The van der Waals surface area contributed by atoms with Crippen molar-refractivity contribution < 1.29 is 9.50 Å². The van der Waals surface area contributed by atoms with Gasteiger partial charge >= 0.3 is 0 Å². The summed E-state index contributed by atoms with van der Waals surface area (Å²) in [4.78, 5) is 10.7. The van der Waals surface area contributed by atoms with Crippen LogP contribution in [0.4, 0.5) is 10.3 Å². The molecule has 2 atom stereocenters. The van der Waals surface area contributed by atoms with Gasteiger partial charge in [-0.1, -0.05) is 12.1 Å². The van der Waals surface area contributed by atoms with Gasteiger partial charge in [0.2, 0.25) is 5.95 Å². The Kier molecular flexibility index (Phi) is 3.36. The first-order valence-corrected chi connectivity index (χ1v) is 6.63. The summed E-state index contributed by atoms with van der Waals surface area (Å²) in [5.41, 5.74) is 1.85. The molecule has 0 amide bonds. The SMILES string of the molecule is Cc1ccnc(N2CC(O)CC2c2ccc(F)cc2)n1. The Labute approximate surface area is 116 Å². The molecule has 2 unspecified atom stereocenters. The monoisotopic (exact) mass is 273 g/mol. The molecule has 1 aromatic carbocycles. The fourth-order valence-corrected chi connectivity index (χ4v) is 2.61. The molecular formula is C15H16FN3O. The van der Waals surface area contributed by atoms with Crippen molar-refractivity contribution in [3.8, 4) is 0 Å². The van der Waals surface area contributed by atoms with E-state index in [-0.39, 0.29) is 11.9 Å². The van der Waals surface area contributed by atoms with Crippen LogP contribution in [0.2, 0.25) is 0 Å². The maximum absolute atomic E-state index is 13.0. The number of anilines is 1. The molecule has 5 heteroatoms. The van der Waals surface area contributed by atoms with E-state index in [4.69, 9.17) is 0 Å². The van der Waals surface area contributed by atoms with Crippen LogP contribution < -0.4 is 4.90 Å². The largest absolute Gasteiger partial charge is 0.391 e. The number of β-amino-alcohol motifs (C(OH)–C–C–N with tert-alkyl or cyclic N) is 1. The Morgan fingerprint density at radius 2 is 2.00 bits per heavy atom. The molecule has 1 aliphatic heterocycles. The smallest absolute Gasteiger partial charge is 0.226 e. The van der Waals surface area contributed by atoms with Gasteiger partial charge in [-0.3, -0.25) is 0 Å². The molecular weight excluding hydrogens is 257 g/mol. The number of benzene rings is 1. The molecule has 4 nitrogen and oxygen atoms in total. The highest BCUT2D eigenvalue weighted by Gasteiger charge is 2.33. The number of aliphatic hydroxyl groups is 1. The number of rotatable bonds is 2. The van der Waals surface area contributed by atoms with E-state index < -0.39 is 6.10 Å². The van der Waals surface area contributed by atoms with Crippen LogP contribution in [-0.2, 0) is 0 Å². The van der Waals surface area contributed by atoms with Crippen LogP contribution >= 0.6 is 0 Å². The minimum Gasteiger partial charge on any atom is -0.391 e. The highest BCUT2D eigenvalue weighted by atomic mass is 19.1. The lowest BCUT2D eigenvalue weighted by Gasteiger charge is -2.24. The molecule has 0 aliphatic carbocycles. The molecule has 1 aromatic heterocycles. The number of nitrogens with zero attached hydrogens (tertiary/aromatic N) is 3. The van der Waals surface area contributed by atoms with Crippen LogP contribution in [0.5, 0.6) is 0 Å². The molecule has 0 spiro atoms. The Hall–Kier alpha value is -2.01. The third-order valence-corrected chi connectivity index (χ3v) is 3.57. The zero-order valence-corrected chi connectivity index (χ0v) is 11.2. The van der Waals surface area contributed by atoms with Gasteiger partial charge in [-0.2, -0.15) is 0 Å². The fourth-order valence-electron chi connectivity index (χ4n) is 2.61. The van der Waals surface area contributed by atoms with Crippen molar-refractivity contribution in [3.05, 3.63) is 53.6 Å². The molecule has 2 heterocycles. The Balaban J connectivity index is 1.94. The van der Waals surface area contributed by atoms with Crippen molar-refractivity contribution in [1.82, 2.24) is 9.97 Å². The van der Waals surface area contributed by atoms with Crippen molar-refractivity contribution in [2.75, 3.05) is 11.4 Å². The van der Waals surface area contributed by atoms with Crippen molar-refractivity contribution in [1.29, 1.82) is 0 Å². The highest BCUT2D eigenvalue weighted by molar-refractivity contribution is 5.39. The highest BCUT2D eigenvalue weighted by Crippen LogP contribution is 2.34. The van der Waals surface area contributed by atoms with Gasteiger partial charge in [0.1, 0.15) is 5.82 Å². The van der Waals surface area contributed by atoms with E-state index in [2.05, 4.69) is 9.97 Å². The van der Waals surface area contributed by atoms with Crippen LogP contribution in [0.1, 0.15) is 23.7 Å². The first kappa shape index (κ1) is 13.0. The van der Waals surface area contributed by atoms with Gasteiger partial charge in [0.25, 0.3) is 0 Å². The lowest BCUT2D eigenvalue weighted by atomic mass is 10.0. The first-order valence-electron chi connectivity index (χ1n) is 6.63. The molecule has 1 fully saturated rings. The van der Waals surface area contributed by atoms with Gasteiger partial charge in [-0.05, 0) is 37.1 Å². The van der Waals surface area contributed by atoms with Gasteiger partial charge < -0.3 is 10.0 Å². The summed E-state index contributed by atoms with van der Waals surface area (Å²) in [6.07, 6.45) is 1.89. The number of aromatic nitrogens is 2. The summed E-state index contributed by atoms with van der Waals surface area (Å²) < 4.78 is 13.0. The second-order valence-corrected chi connectivity index (χ2v) is 5.11. The van der Waals surface area contributed by atoms with E-state index in [1.54, 1.807) is 18.3 Å². The molecule has 0 bridgehead atoms. The number of hydrogen-bond acceptors (Lipinski definition) is 4. The third-order valence-electron chi connectivity index (χ3n) is 3.57. The van der Waals surface area contributed by atoms with Gasteiger partial charge in [0, 0.05) is 18.4 Å². The molecule has 1 N–H and O–H groups in total. The Morgan fingerprint density at radius 1 is 1.25 bits per heavy atom. The molecule has 2 aromatic rings. The van der Waals surface area contributed by atoms with Crippen molar-refractivity contribution >= 4 is 5.95 Å². The standard InChI is InChI=1S/C15H16FN3O/c1-10-6-7-17-15(18-10)19-9-13(20)8-14(19)11-2-4-12(16)5-3-11/h2-7,13-14,20H,8-9H2,1H3. The average Bonchev–Trinajstić information content (AvgIpc) is 2.82. The van der Waals surface area contributed by atoms with Gasteiger partial charge in [0.05, 0.1) is 12.1 Å². The predicted molar refractivity (Wildman–Crippen MR) is 73.9 cm³/mol. The van der Waals surface area contributed by atoms with E-state index in [0.717, 1.165) is 11.3 Å². The fraction of sp³-hybridized carbons (Fsp3) is 0.333. The topological polar surface area (TPSA) is 49.2 Å². The van der Waals surface area contributed by atoms with E-state index >= 15 is 0 Å². The molecule has 1 saturated heterocycles. The average molecular weight is 273 g/mol. The maximum Gasteiger partial charge on any atom is 0.226 e. The van der Waals surface area contributed by atoms with Crippen LogP contribution in [0, 0.1) is 12.7 Å². The summed E-state index contributed by atoms with van der Waals surface area (Å²) >= 11 is 0. The summed E-state index contributed by atoms with van der Waals surface area (Å²) in [7, 11) is 0. The Morgan fingerprint density at radius 3 is 2.70 bits per heavy atom. The Bertz CT molecular complexity index is 602. The predicted octanol–water partition coefficient (Wildman–Crippen LogP) is 2.24. The molecule has 1 aliphatic rings. The number of halogens is 1. The second-order valence-electron chi connectivity index (χ2n) is 5.11. The molecule has 104 valence electrons. The van der Waals surface area contributed by atoms with Gasteiger partial charge in [0.15, 0.2) is 0 Å².